The van der Waals surface area contributed by atoms with Crippen molar-refractivity contribution in [1.29, 1.82) is 0 Å². The second-order valence-corrected chi connectivity index (χ2v) is 8.69. The zero-order valence-corrected chi connectivity index (χ0v) is 20.1. The highest BCUT2D eigenvalue weighted by molar-refractivity contribution is 7.99. The minimum Gasteiger partial charge on any atom is -0.481 e. The molecule has 0 unspecified atom stereocenters. The van der Waals surface area contributed by atoms with E-state index >= 15 is 0 Å². The van der Waals surface area contributed by atoms with Crippen LogP contribution in [0.1, 0.15) is 44.9 Å². The van der Waals surface area contributed by atoms with E-state index in [1.807, 2.05) is 42.5 Å². The number of hydrogen-bond acceptors (Lipinski definition) is 9. The number of thioether (sulfide) groups is 1. The van der Waals surface area contributed by atoms with E-state index in [1.165, 1.54) is 6.42 Å². The number of carbonyl (C=O) groups excluding carboxylic acids is 1. The lowest BCUT2D eigenvalue weighted by Gasteiger charge is -2.21. The number of ether oxygens (including phenoxy) is 3. The molecule has 0 saturated carbocycles. The number of benzene rings is 2. The monoisotopic (exact) mass is 480 g/mol. The van der Waals surface area contributed by atoms with Crippen LogP contribution in [0, 0.1) is 0 Å². The third-order valence-corrected chi connectivity index (χ3v) is 6.09. The molecule has 178 valence electrons. The van der Waals surface area contributed by atoms with Crippen molar-refractivity contribution >= 4 is 23.4 Å². The molecular weight excluding hydrogens is 452 g/mol. The number of aromatic nitrogens is 3. The number of para-hydroxylation sites is 2. The lowest BCUT2D eigenvalue weighted by atomic mass is 10.1. The molecular formula is C25H28N4O4S. The number of hydrogen-bond donors (Lipinski definition) is 1. The summed E-state index contributed by atoms with van der Waals surface area (Å²) in [6, 6.07) is 15.2. The summed E-state index contributed by atoms with van der Waals surface area (Å²) >= 11 is 1.58. The number of nitrogens with one attached hydrogen (secondary N) is 1. The number of unbranched alkanes of at least 4 members (excludes halogenated alkanes) is 2. The Morgan fingerprint density at radius 1 is 1.09 bits per heavy atom. The molecule has 34 heavy (non-hydrogen) atoms. The van der Waals surface area contributed by atoms with Gasteiger partial charge in [-0.1, -0.05) is 61.9 Å². The van der Waals surface area contributed by atoms with Gasteiger partial charge >= 0.3 is 5.97 Å². The van der Waals surface area contributed by atoms with E-state index < -0.39 is 12.2 Å². The number of rotatable bonds is 10. The van der Waals surface area contributed by atoms with Crippen molar-refractivity contribution in [2.75, 3.05) is 24.3 Å². The molecule has 0 fully saturated rings. The minimum atomic E-state index is -0.615. The van der Waals surface area contributed by atoms with Gasteiger partial charge in [0.1, 0.15) is 5.75 Å². The largest absolute Gasteiger partial charge is 0.481 e. The van der Waals surface area contributed by atoms with Gasteiger partial charge in [0.25, 0.3) is 0 Å². The molecule has 0 bridgehead atoms. The van der Waals surface area contributed by atoms with Crippen LogP contribution in [-0.4, -0.2) is 40.1 Å². The van der Waals surface area contributed by atoms with Gasteiger partial charge in [0, 0.05) is 17.0 Å². The molecule has 1 aliphatic heterocycles. The highest BCUT2D eigenvalue weighted by Gasteiger charge is 2.28. The first-order valence-corrected chi connectivity index (χ1v) is 12.5. The van der Waals surface area contributed by atoms with Gasteiger partial charge in [0.15, 0.2) is 12.3 Å². The summed E-state index contributed by atoms with van der Waals surface area (Å²) in [6.45, 7) is 4.05. The van der Waals surface area contributed by atoms with Crippen LogP contribution in [0.2, 0.25) is 0 Å². The van der Waals surface area contributed by atoms with Gasteiger partial charge in [0.2, 0.25) is 17.3 Å². The number of carbonyl (C=O) groups is 1. The summed E-state index contributed by atoms with van der Waals surface area (Å²) in [6.07, 6.45) is 2.81. The van der Waals surface area contributed by atoms with E-state index in [9.17, 15) is 4.79 Å². The number of nitrogens with zero attached hydrogens (tertiary/aromatic N) is 3. The van der Waals surface area contributed by atoms with Crippen molar-refractivity contribution < 1.29 is 19.0 Å². The first-order valence-electron chi connectivity index (χ1n) is 11.5. The fraction of sp³-hybridized carbons (Fsp3) is 0.360. The Morgan fingerprint density at radius 2 is 1.91 bits per heavy atom. The van der Waals surface area contributed by atoms with Gasteiger partial charge < -0.3 is 19.5 Å². The van der Waals surface area contributed by atoms with Crippen molar-refractivity contribution in [3.63, 3.8) is 0 Å². The van der Waals surface area contributed by atoms with Crippen molar-refractivity contribution in [2.45, 2.75) is 44.5 Å². The molecule has 1 atom stereocenters. The molecule has 3 aromatic rings. The molecule has 0 aliphatic carbocycles. The summed E-state index contributed by atoms with van der Waals surface area (Å²) in [5.74, 6) is 1.42. The highest BCUT2D eigenvalue weighted by Crippen LogP contribution is 2.41. The molecule has 1 N–H and O–H groups in total. The van der Waals surface area contributed by atoms with Crippen LogP contribution in [0.4, 0.5) is 5.69 Å². The molecule has 4 rings (SSSR count). The predicted octanol–water partition coefficient (Wildman–Crippen LogP) is 5.27. The molecule has 1 aromatic heterocycles. The second kappa shape index (κ2) is 11.7. The van der Waals surface area contributed by atoms with Crippen molar-refractivity contribution in [3.8, 4) is 22.9 Å². The number of anilines is 1. The lowest BCUT2D eigenvalue weighted by molar-refractivity contribution is -0.145. The Balaban J connectivity index is 1.64. The van der Waals surface area contributed by atoms with Crippen LogP contribution in [0.3, 0.4) is 0 Å². The molecule has 0 amide bonds. The van der Waals surface area contributed by atoms with Crippen molar-refractivity contribution in [3.05, 3.63) is 54.1 Å². The van der Waals surface area contributed by atoms with Crippen LogP contribution in [0.25, 0.3) is 11.3 Å². The predicted molar refractivity (Wildman–Crippen MR) is 131 cm³/mol. The maximum Gasteiger partial charge on any atom is 0.344 e. The van der Waals surface area contributed by atoms with Gasteiger partial charge in [0.05, 0.1) is 12.2 Å². The Hall–Kier alpha value is -3.33. The van der Waals surface area contributed by atoms with Crippen molar-refractivity contribution in [2.24, 2.45) is 0 Å². The Bertz CT molecular complexity index is 1130. The number of fused-ring (bicyclic) bond motifs is 3. The summed E-state index contributed by atoms with van der Waals surface area (Å²) in [4.78, 5) is 16.5. The maximum atomic E-state index is 11.8. The molecule has 2 aromatic carbocycles. The normalized spacial score (nSPS) is 14.1. The van der Waals surface area contributed by atoms with Gasteiger partial charge in [-0.3, -0.25) is 0 Å². The molecule has 1 aliphatic rings. The van der Waals surface area contributed by atoms with E-state index in [-0.39, 0.29) is 6.61 Å². The van der Waals surface area contributed by atoms with Gasteiger partial charge in [-0.05, 0) is 31.5 Å². The van der Waals surface area contributed by atoms with E-state index in [4.69, 9.17) is 14.2 Å². The summed E-state index contributed by atoms with van der Waals surface area (Å²) in [7, 11) is 0. The third kappa shape index (κ3) is 5.77. The first kappa shape index (κ1) is 23.8. The minimum absolute atomic E-state index is 0.187. The average Bonchev–Trinajstić information content (AvgIpc) is 3.02. The van der Waals surface area contributed by atoms with Gasteiger partial charge in [-0.2, -0.15) is 4.98 Å². The topological polar surface area (TPSA) is 95.5 Å². The van der Waals surface area contributed by atoms with E-state index in [2.05, 4.69) is 27.4 Å². The second-order valence-electron chi connectivity index (χ2n) is 7.62. The zero-order valence-electron chi connectivity index (χ0n) is 19.3. The summed E-state index contributed by atoms with van der Waals surface area (Å²) in [5.41, 5.74) is 3.00. The first-order chi connectivity index (χ1) is 16.7. The molecule has 0 radical (unpaired) electrons. The Labute approximate surface area is 203 Å². The lowest BCUT2D eigenvalue weighted by Crippen LogP contribution is -2.20. The SMILES string of the molecule is CCCCCSc1nnc2c(n1)O[C@@H](c1ccccc1OCC(=O)OCC)Nc1ccccc1-2. The summed E-state index contributed by atoms with van der Waals surface area (Å²) < 4.78 is 17.1. The fourth-order valence-corrected chi connectivity index (χ4v) is 4.31. The zero-order chi connectivity index (χ0) is 23.8. The average molecular weight is 481 g/mol. The maximum absolute atomic E-state index is 11.8. The molecule has 9 heteroatoms. The van der Waals surface area contributed by atoms with E-state index in [1.54, 1.807) is 24.8 Å². The molecule has 2 heterocycles. The number of esters is 1. The van der Waals surface area contributed by atoms with E-state index in [0.717, 1.165) is 35.4 Å². The molecule has 0 spiro atoms. The molecule has 0 saturated heterocycles. The Morgan fingerprint density at radius 3 is 2.76 bits per heavy atom. The van der Waals surface area contributed by atoms with Crippen LogP contribution in [0.5, 0.6) is 11.6 Å². The Kier molecular flexibility index (Phi) is 8.19. The quantitative estimate of drug-likeness (QED) is 0.237. The smallest absolute Gasteiger partial charge is 0.344 e. The van der Waals surface area contributed by atoms with Crippen LogP contribution < -0.4 is 14.8 Å². The van der Waals surface area contributed by atoms with Crippen LogP contribution in [0.15, 0.2) is 53.7 Å². The third-order valence-electron chi connectivity index (χ3n) is 5.16. The van der Waals surface area contributed by atoms with Crippen molar-refractivity contribution in [1.82, 2.24) is 15.2 Å². The van der Waals surface area contributed by atoms with Crippen LogP contribution >= 0.6 is 11.8 Å². The standard InChI is InChI=1S/C25H28N4O4S/c1-3-5-10-15-34-25-27-24-22(28-29-25)17-11-6-8-13-19(17)26-23(33-24)18-12-7-9-14-20(18)32-16-21(30)31-4-2/h6-9,11-14,23,26H,3-5,10,15-16H2,1-2H3/t23-/m0/s1. The summed E-state index contributed by atoms with van der Waals surface area (Å²) in [5, 5.41) is 12.8. The van der Waals surface area contributed by atoms with Gasteiger partial charge in [-0.15, -0.1) is 10.2 Å². The van der Waals surface area contributed by atoms with E-state index in [0.29, 0.717) is 29.1 Å². The van der Waals surface area contributed by atoms with Gasteiger partial charge in [-0.25, -0.2) is 4.79 Å². The highest BCUT2D eigenvalue weighted by atomic mass is 32.2. The molecule has 8 nitrogen and oxygen atoms in total. The van der Waals surface area contributed by atoms with Crippen LogP contribution in [-0.2, 0) is 9.53 Å². The fourth-order valence-electron chi connectivity index (χ4n) is 3.53.